The number of carboxylic acids is 1. The maximum absolute atomic E-state index is 12.4. The Morgan fingerprint density at radius 3 is 2.67 bits per heavy atom. The van der Waals surface area contributed by atoms with Crippen molar-refractivity contribution in [3.05, 3.63) is 48.6 Å². The van der Waals surface area contributed by atoms with E-state index in [4.69, 9.17) is 5.11 Å². The number of hydrogen-bond donors (Lipinski definition) is 1. The van der Waals surface area contributed by atoms with Crippen LogP contribution in [0, 0.1) is 0 Å². The van der Waals surface area contributed by atoms with Crippen LogP contribution >= 0.6 is 0 Å². The van der Waals surface area contributed by atoms with Crippen LogP contribution in [0.15, 0.2) is 43.0 Å². The molecule has 1 unspecified atom stereocenters. The number of carbonyl (C=O) groups excluding carboxylic acids is 1. The van der Waals surface area contributed by atoms with Crippen LogP contribution in [0.25, 0.3) is 0 Å². The SMILES string of the molecule is C=CCN1CCN(Cc2ccccc2)C(CC(=O)O)C1=O. The predicted molar refractivity (Wildman–Crippen MR) is 79.7 cm³/mol. The molecule has 1 aliphatic rings. The summed E-state index contributed by atoms with van der Waals surface area (Å²) in [7, 11) is 0. The number of rotatable bonds is 6. The van der Waals surface area contributed by atoms with Crippen LogP contribution < -0.4 is 0 Å². The average Bonchev–Trinajstić information content (AvgIpc) is 2.47. The highest BCUT2D eigenvalue weighted by molar-refractivity contribution is 5.87. The molecule has 0 aliphatic carbocycles. The molecule has 0 saturated carbocycles. The highest BCUT2D eigenvalue weighted by Crippen LogP contribution is 2.18. The Kier molecular flexibility index (Phi) is 5.11. The number of carbonyl (C=O) groups is 2. The minimum absolute atomic E-state index is 0.125. The summed E-state index contributed by atoms with van der Waals surface area (Å²) < 4.78 is 0. The third kappa shape index (κ3) is 3.92. The monoisotopic (exact) mass is 288 g/mol. The lowest BCUT2D eigenvalue weighted by Gasteiger charge is -2.39. The van der Waals surface area contributed by atoms with Crippen LogP contribution in [0.3, 0.4) is 0 Å². The molecule has 112 valence electrons. The molecular weight excluding hydrogens is 268 g/mol. The molecule has 1 atom stereocenters. The van der Waals surface area contributed by atoms with Gasteiger partial charge in [0, 0.05) is 26.2 Å². The quantitative estimate of drug-likeness (QED) is 0.803. The zero-order chi connectivity index (χ0) is 15.2. The van der Waals surface area contributed by atoms with E-state index in [2.05, 4.69) is 6.58 Å². The van der Waals surface area contributed by atoms with Crippen LogP contribution in [0.1, 0.15) is 12.0 Å². The first-order valence-corrected chi connectivity index (χ1v) is 7.01. The van der Waals surface area contributed by atoms with Crippen LogP contribution in [-0.4, -0.2) is 52.5 Å². The van der Waals surface area contributed by atoms with Crippen molar-refractivity contribution in [2.24, 2.45) is 0 Å². The van der Waals surface area contributed by atoms with Gasteiger partial charge in [-0.1, -0.05) is 36.4 Å². The predicted octanol–water partition coefficient (Wildman–Crippen LogP) is 1.36. The van der Waals surface area contributed by atoms with Gasteiger partial charge in [-0.25, -0.2) is 0 Å². The minimum atomic E-state index is -0.952. The summed E-state index contributed by atoms with van der Waals surface area (Å²) in [6.45, 7) is 5.97. The van der Waals surface area contributed by atoms with Crippen molar-refractivity contribution in [1.29, 1.82) is 0 Å². The van der Waals surface area contributed by atoms with Crippen molar-refractivity contribution in [2.75, 3.05) is 19.6 Å². The van der Waals surface area contributed by atoms with Crippen molar-refractivity contribution in [2.45, 2.75) is 19.0 Å². The van der Waals surface area contributed by atoms with Gasteiger partial charge < -0.3 is 10.0 Å². The molecule has 0 radical (unpaired) electrons. The molecule has 1 amide bonds. The number of piperazine rings is 1. The second kappa shape index (κ2) is 7.04. The zero-order valence-corrected chi connectivity index (χ0v) is 11.9. The highest BCUT2D eigenvalue weighted by atomic mass is 16.4. The van der Waals surface area contributed by atoms with E-state index in [0.717, 1.165) is 5.56 Å². The van der Waals surface area contributed by atoms with E-state index in [1.807, 2.05) is 35.2 Å². The molecule has 5 heteroatoms. The molecular formula is C16H20N2O3. The van der Waals surface area contributed by atoms with E-state index in [1.165, 1.54) is 0 Å². The number of nitrogens with zero attached hydrogens (tertiary/aromatic N) is 2. The first-order valence-electron chi connectivity index (χ1n) is 7.01. The normalized spacial score (nSPS) is 19.5. The second-order valence-corrected chi connectivity index (χ2v) is 5.14. The van der Waals surface area contributed by atoms with Crippen LogP contribution in [0.5, 0.6) is 0 Å². The molecule has 1 heterocycles. The lowest BCUT2D eigenvalue weighted by atomic mass is 10.1. The molecule has 0 spiro atoms. The first kappa shape index (κ1) is 15.3. The minimum Gasteiger partial charge on any atom is -0.481 e. The standard InChI is InChI=1S/C16H20N2O3/c1-2-8-17-9-10-18(12-13-6-4-3-5-7-13)14(16(17)21)11-15(19)20/h2-7,14H,1,8-12H2,(H,19,20). The molecule has 0 aromatic heterocycles. The van der Waals surface area contributed by atoms with Gasteiger partial charge in [-0.2, -0.15) is 0 Å². The summed E-state index contributed by atoms with van der Waals surface area (Å²) >= 11 is 0. The van der Waals surface area contributed by atoms with E-state index in [0.29, 0.717) is 26.2 Å². The summed E-state index contributed by atoms with van der Waals surface area (Å²) in [5.41, 5.74) is 1.08. The molecule has 1 aromatic carbocycles. The summed E-state index contributed by atoms with van der Waals surface area (Å²) in [5.74, 6) is -1.08. The fourth-order valence-corrected chi connectivity index (χ4v) is 2.61. The summed E-state index contributed by atoms with van der Waals surface area (Å²) in [4.78, 5) is 27.1. The summed E-state index contributed by atoms with van der Waals surface area (Å²) in [6.07, 6.45) is 1.50. The maximum Gasteiger partial charge on any atom is 0.305 e. The van der Waals surface area contributed by atoms with Crippen LogP contribution in [-0.2, 0) is 16.1 Å². The topological polar surface area (TPSA) is 60.9 Å². The maximum atomic E-state index is 12.4. The van der Waals surface area contributed by atoms with Crippen LogP contribution in [0.2, 0.25) is 0 Å². The van der Waals surface area contributed by atoms with Gasteiger partial charge in [-0.05, 0) is 5.56 Å². The van der Waals surface area contributed by atoms with Crippen molar-refractivity contribution in [1.82, 2.24) is 9.80 Å². The zero-order valence-electron chi connectivity index (χ0n) is 11.9. The Hall–Kier alpha value is -2.14. The van der Waals surface area contributed by atoms with Crippen molar-refractivity contribution in [3.8, 4) is 0 Å². The van der Waals surface area contributed by atoms with Gasteiger partial charge in [-0.15, -0.1) is 6.58 Å². The smallest absolute Gasteiger partial charge is 0.305 e. The lowest BCUT2D eigenvalue weighted by Crippen LogP contribution is -2.57. The molecule has 1 aromatic rings. The average molecular weight is 288 g/mol. The Morgan fingerprint density at radius 1 is 1.33 bits per heavy atom. The van der Waals surface area contributed by atoms with Crippen molar-refractivity contribution < 1.29 is 14.7 Å². The number of amides is 1. The van der Waals surface area contributed by atoms with Gasteiger partial charge in [0.15, 0.2) is 0 Å². The Labute approximate surface area is 124 Å². The van der Waals surface area contributed by atoms with Gasteiger partial charge >= 0.3 is 5.97 Å². The number of carboxylic acid groups (broad SMARTS) is 1. The Balaban J connectivity index is 2.13. The fraction of sp³-hybridized carbons (Fsp3) is 0.375. The molecule has 1 aliphatic heterocycles. The van der Waals surface area contributed by atoms with Gasteiger partial charge in [0.25, 0.3) is 0 Å². The molecule has 1 saturated heterocycles. The second-order valence-electron chi connectivity index (χ2n) is 5.14. The molecule has 2 rings (SSSR count). The summed E-state index contributed by atoms with van der Waals surface area (Å²) in [6, 6.07) is 9.19. The molecule has 1 fully saturated rings. The molecule has 21 heavy (non-hydrogen) atoms. The van der Waals surface area contributed by atoms with Crippen LogP contribution in [0.4, 0.5) is 0 Å². The van der Waals surface area contributed by atoms with E-state index < -0.39 is 12.0 Å². The van der Waals surface area contributed by atoms with Gasteiger partial charge in [-0.3, -0.25) is 14.5 Å². The van der Waals surface area contributed by atoms with E-state index >= 15 is 0 Å². The lowest BCUT2D eigenvalue weighted by molar-refractivity contribution is -0.149. The third-order valence-electron chi connectivity index (χ3n) is 3.64. The molecule has 1 N–H and O–H groups in total. The third-order valence-corrected chi connectivity index (χ3v) is 3.64. The van der Waals surface area contributed by atoms with Gasteiger partial charge in [0.1, 0.15) is 6.04 Å². The van der Waals surface area contributed by atoms with Gasteiger partial charge in [0.05, 0.1) is 6.42 Å². The number of hydrogen-bond acceptors (Lipinski definition) is 3. The largest absolute Gasteiger partial charge is 0.481 e. The summed E-state index contributed by atoms with van der Waals surface area (Å²) in [5, 5.41) is 9.07. The van der Waals surface area contributed by atoms with E-state index in [9.17, 15) is 9.59 Å². The van der Waals surface area contributed by atoms with Gasteiger partial charge in [0.2, 0.25) is 5.91 Å². The van der Waals surface area contributed by atoms with Crippen molar-refractivity contribution in [3.63, 3.8) is 0 Å². The van der Waals surface area contributed by atoms with Crippen molar-refractivity contribution >= 4 is 11.9 Å². The van der Waals surface area contributed by atoms with E-state index in [-0.39, 0.29) is 12.3 Å². The number of aliphatic carboxylic acids is 1. The number of benzene rings is 1. The Morgan fingerprint density at radius 2 is 2.05 bits per heavy atom. The van der Waals surface area contributed by atoms with E-state index in [1.54, 1.807) is 11.0 Å². The molecule has 5 nitrogen and oxygen atoms in total. The molecule has 0 bridgehead atoms. The Bertz CT molecular complexity index is 516. The first-order chi connectivity index (χ1) is 10.1. The fourth-order valence-electron chi connectivity index (χ4n) is 2.61. The highest BCUT2D eigenvalue weighted by Gasteiger charge is 2.35.